The van der Waals surface area contributed by atoms with Crippen molar-refractivity contribution in [1.82, 2.24) is 0 Å². The highest BCUT2D eigenvalue weighted by molar-refractivity contribution is 5.83. The normalized spacial score (nSPS) is 12.8. The van der Waals surface area contributed by atoms with Crippen molar-refractivity contribution in [2.24, 2.45) is 0 Å². The van der Waals surface area contributed by atoms with Crippen molar-refractivity contribution in [2.75, 3.05) is 12.4 Å². The zero-order valence-corrected chi connectivity index (χ0v) is 17.6. The molecule has 0 spiro atoms. The Morgan fingerprint density at radius 2 is 1.62 bits per heavy atom. The van der Waals surface area contributed by atoms with Crippen LogP contribution in [0, 0.1) is 10.1 Å². The number of methoxy groups -OCH3 is 1. The van der Waals surface area contributed by atoms with Crippen LogP contribution >= 0.6 is 0 Å². The van der Waals surface area contributed by atoms with E-state index in [2.05, 4.69) is 5.32 Å². The molecule has 162 valence electrons. The molecule has 0 bridgehead atoms. The second-order valence-electron chi connectivity index (χ2n) is 7.64. The lowest BCUT2D eigenvalue weighted by molar-refractivity contribution is -0.384. The van der Waals surface area contributed by atoms with E-state index in [-0.39, 0.29) is 11.7 Å². The number of anilines is 1. The highest BCUT2D eigenvalue weighted by Gasteiger charge is 2.19. The van der Waals surface area contributed by atoms with Gasteiger partial charge in [0.25, 0.3) is 5.69 Å². The number of rotatable bonds is 8. The minimum absolute atomic E-state index is 0.0126. The molecule has 0 saturated carbocycles. The molecule has 0 heterocycles. The average molecular weight is 428 g/mol. The van der Waals surface area contributed by atoms with E-state index in [9.17, 15) is 15.2 Å². The molecular formula is C26H24N2O4. The van der Waals surface area contributed by atoms with Crippen molar-refractivity contribution in [2.45, 2.75) is 18.6 Å². The maximum Gasteiger partial charge on any atom is 0.271 e. The summed E-state index contributed by atoms with van der Waals surface area (Å²) in [4.78, 5) is 10.8. The van der Waals surface area contributed by atoms with E-state index in [4.69, 9.17) is 4.74 Å². The molecular weight excluding hydrogens is 404 g/mol. The van der Waals surface area contributed by atoms with E-state index in [1.165, 1.54) is 12.1 Å². The molecule has 2 N–H and O–H groups in total. The van der Waals surface area contributed by atoms with Crippen LogP contribution in [0.2, 0.25) is 0 Å². The van der Waals surface area contributed by atoms with Crippen LogP contribution in [0.15, 0.2) is 91.0 Å². The summed E-state index contributed by atoms with van der Waals surface area (Å²) in [5.41, 5.74) is 2.39. The molecule has 0 aromatic heterocycles. The summed E-state index contributed by atoms with van der Waals surface area (Å²) in [6.07, 6.45) is -0.342. The Balaban J connectivity index is 1.62. The first kappa shape index (κ1) is 21.3. The Hall–Kier alpha value is -3.90. The SMILES string of the molecule is COc1ccc(C(CC(O)c2ccc3ccccc3c2)Nc2cccc([N+](=O)[O-])c2)cc1. The van der Waals surface area contributed by atoms with E-state index in [0.29, 0.717) is 12.1 Å². The van der Waals surface area contributed by atoms with Gasteiger partial charge < -0.3 is 15.2 Å². The maximum absolute atomic E-state index is 11.2. The van der Waals surface area contributed by atoms with Crippen LogP contribution in [0.4, 0.5) is 11.4 Å². The second-order valence-corrected chi connectivity index (χ2v) is 7.64. The number of nitro benzene ring substituents is 1. The fourth-order valence-corrected chi connectivity index (χ4v) is 3.80. The van der Waals surface area contributed by atoms with Crippen molar-refractivity contribution in [3.63, 3.8) is 0 Å². The van der Waals surface area contributed by atoms with Gasteiger partial charge in [0.1, 0.15) is 5.75 Å². The molecule has 2 unspecified atom stereocenters. The minimum atomic E-state index is -0.724. The molecule has 0 radical (unpaired) electrons. The average Bonchev–Trinajstić information content (AvgIpc) is 2.83. The summed E-state index contributed by atoms with van der Waals surface area (Å²) in [7, 11) is 1.61. The zero-order valence-electron chi connectivity index (χ0n) is 17.6. The number of benzene rings is 4. The summed E-state index contributed by atoms with van der Waals surface area (Å²) < 4.78 is 5.26. The lowest BCUT2D eigenvalue weighted by Crippen LogP contribution is -2.15. The zero-order chi connectivity index (χ0) is 22.5. The Morgan fingerprint density at radius 1 is 0.906 bits per heavy atom. The highest BCUT2D eigenvalue weighted by Crippen LogP contribution is 2.32. The van der Waals surface area contributed by atoms with Gasteiger partial charge >= 0.3 is 0 Å². The van der Waals surface area contributed by atoms with Crippen molar-refractivity contribution < 1.29 is 14.8 Å². The van der Waals surface area contributed by atoms with E-state index in [1.807, 2.05) is 66.7 Å². The molecule has 0 fully saturated rings. The molecule has 0 aliphatic heterocycles. The molecule has 0 saturated heterocycles. The van der Waals surface area contributed by atoms with Crippen LogP contribution in [0.25, 0.3) is 10.8 Å². The minimum Gasteiger partial charge on any atom is -0.497 e. The highest BCUT2D eigenvalue weighted by atomic mass is 16.6. The molecule has 0 amide bonds. The summed E-state index contributed by atoms with van der Waals surface area (Å²) in [5.74, 6) is 0.734. The molecule has 6 nitrogen and oxygen atoms in total. The number of fused-ring (bicyclic) bond motifs is 1. The smallest absolute Gasteiger partial charge is 0.271 e. The molecule has 4 aromatic carbocycles. The van der Waals surface area contributed by atoms with Crippen molar-refractivity contribution in [3.8, 4) is 5.75 Å². The summed E-state index contributed by atoms with van der Waals surface area (Å²) in [6, 6.07) is 27.7. The fraction of sp³-hybridized carbons (Fsp3) is 0.154. The first-order valence-electron chi connectivity index (χ1n) is 10.3. The molecule has 0 aliphatic rings. The van der Waals surface area contributed by atoms with E-state index >= 15 is 0 Å². The van der Waals surface area contributed by atoms with Crippen LogP contribution < -0.4 is 10.1 Å². The van der Waals surface area contributed by atoms with Crippen molar-refractivity contribution in [1.29, 1.82) is 0 Å². The first-order chi connectivity index (χ1) is 15.5. The van der Waals surface area contributed by atoms with Gasteiger partial charge in [-0.3, -0.25) is 10.1 Å². The third kappa shape index (κ3) is 4.87. The molecule has 4 aromatic rings. The number of ether oxygens (including phenoxy) is 1. The van der Waals surface area contributed by atoms with Gasteiger partial charge in [0.15, 0.2) is 0 Å². The quantitative estimate of drug-likeness (QED) is 0.264. The number of aliphatic hydroxyl groups excluding tert-OH is 1. The van der Waals surface area contributed by atoms with Crippen molar-refractivity contribution in [3.05, 3.63) is 112 Å². The monoisotopic (exact) mass is 428 g/mol. The van der Waals surface area contributed by atoms with E-state index in [0.717, 1.165) is 27.6 Å². The number of nitrogens with zero attached hydrogens (tertiary/aromatic N) is 1. The number of nitro groups is 1. The number of nitrogens with one attached hydrogen (secondary N) is 1. The van der Waals surface area contributed by atoms with Gasteiger partial charge in [0.05, 0.1) is 24.2 Å². The van der Waals surface area contributed by atoms with Gasteiger partial charge in [0.2, 0.25) is 0 Å². The van der Waals surface area contributed by atoms with Gasteiger partial charge in [-0.05, 0) is 46.2 Å². The van der Waals surface area contributed by atoms with Gasteiger partial charge in [-0.15, -0.1) is 0 Å². The van der Waals surface area contributed by atoms with Gasteiger partial charge in [-0.2, -0.15) is 0 Å². The molecule has 0 aliphatic carbocycles. The predicted octanol–water partition coefficient (Wildman–Crippen LogP) is 6.03. The van der Waals surface area contributed by atoms with Crippen LogP contribution in [0.3, 0.4) is 0 Å². The fourth-order valence-electron chi connectivity index (χ4n) is 3.80. The predicted molar refractivity (Wildman–Crippen MR) is 126 cm³/mol. The summed E-state index contributed by atoms with van der Waals surface area (Å²) in [5, 5.41) is 27.8. The van der Waals surface area contributed by atoms with Gasteiger partial charge in [-0.25, -0.2) is 0 Å². The lowest BCUT2D eigenvalue weighted by Gasteiger charge is -2.24. The topological polar surface area (TPSA) is 84.6 Å². The molecule has 4 rings (SSSR count). The Bertz CT molecular complexity index is 1220. The van der Waals surface area contributed by atoms with Crippen LogP contribution in [0.1, 0.15) is 29.7 Å². The Morgan fingerprint density at radius 3 is 2.34 bits per heavy atom. The van der Waals surface area contributed by atoms with Crippen LogP contribution in [-0.4, -0.2) is 17.1 Å². The van der Waals surface area contributed by atoms with Crippen LogP contribution in [0.5, 0.6) is 5.75 Å². The number of hydrogen-bond donors (Lipinski definition) is 2. The summed E-state index contributed by atoms with van der Waals surface area (Å²) >= 11 is 0. The van der Waals surface area contributed by atoms with E-state index in [1.54, 1.807) is 19.2 Å². The van der Waals surface area contributed by atoms with E-state index < -0.39 is 11.0 Å². The standard InChI is InChI=1S/C26H24N2O4/c1-32-24-13-11-19(12-14-24)25(27-22-7-4-8-23(16-22)28(30)31)17-26(29)21-10-9-18-5-2-3-6-20(18)15-21/h2-16,25-27,29H,17H2,1H3. The first-order valence-corrected chi connectivity index (χ1v) is 10.3. The number of non-ortho nitro benzene ring substituents is 1. The molecule has 32 heavy (non-hydrogen) atoms. The third-order valence-corrected chi connectivity index (χ3v) is 5.53. The second kappa shape index (κ2) is 9.49. The Kier molecular flexibility index (Phi) is 6.33. The summed E-state index contributed by atoms with van der Waals surface area (Å²) in [6.45, 7) is 0. The van der Waals surface area contributed by atoms with Gasteiger partial charge in [0, 0.05) is 24.2 Å². The van der Waals surface area contributed by atoms with Gasteiger partial charge in [-0.1, -0.05) is 54.6 Å². The molecule has 2 atom stereocenters. The number of aliphatic hydroxyl groups is 1. The third-order valence-electron chi connectivity index (χ3n) is 5.53. The maximum atomic E-state index is 11.2. The van der Waals surface area contributed by atoms with Crippen LogP contribution in [-0.2, 0) is 0 Å². The van der Waals surface area contributed by atoms with Crippen molar-refractivity contribution >= 4 is 22.1 Å². The lowest BCUT2D eigenvalue weighted by atomic mass is 9.95. The molecule has 6 heteroatoms. The Labute approximate surface area is 186 Å². The number of hydrogen-bond acceptors (Lipinski definition) is 5. The largest absolute Gasteiger partial charge is 0.497 e.